The molecule has 9 heteroatoms. The number of carbonyl (C=O) groups excluding carboxylic acids is 3. The number of ether oxygens (including phenoxy) is 1. The number of fused-ring (bicyclic) bond motifs is 1. The smallest absolute Gasteiger partial charge is 0.408 e. The van der Waals surface area contributed by atoms with Crippen molar-refractivity contribution < 1.29 is 19.1 Å². The minimum atomic E-state index is -0.723. The van der Waals surface area contributed by atoms with Crippen LogP contribution in [0.2, 0.25) is 0 Å². The molecular weight excluding hydrogens is 512 g/mol. The predicted octanol–water partition coefficient (Wildman–Crippen LogP) is 5.69. The van der Waals surface area contributed by atoms with Crippen LogP contribution >= 0.6 is 11.3 Å². The zero-order valence-electron chi connectivity index (χ0n) is 21.9. The molecule has 0 fully saturated rings. The SMILES string of the molecule is CC(C)CC(NC(=O)OCc1ccccc1)C(=O)NCc1ccc2cc(C(=O)Nc3ccccc3N)sc2c1. The van der Waals surface area contributed by atoms with E-state index in [1.54, 1.807) is 12.1 Å². The summed E-state index contributed by atoms with van der Waals surface area (Å²) in [6.45, 7) is 4.38. The van der Waals surface area contributed by atoms with Gasteiger partial charge in [-0.3, -0.25) is 9.59 Å². The van der Waals surface area contributed by atoms with Crippen LogP contribution < -0.4 is 21.7 Å². The normalized spacial score (nSPS) is 11.7. The Kier molecular flexibility index (Phi) is 9.17. The zero-order chi connectivity index (χ0) is 27.8. The van der Waals surface area contributed by atoms with E-state index in [2.05, 4.69) is 16.0 Å². The van der Waals surface area contributed by atoms with Crippen LogP contribution in [0.4, 0.5) is 16.2 Å². The lowest BCUT2D eigenvalue weighted by molar-refractivity contribution is -0.123. The van der Waals surface area contributed by atoms with E-state index in [9.17, 15) is 14.4 Å². The third-order valence-electron chi connectivity index (χ3n) is 6.01. The Morgan fingerprint density at radius 3 is 2.41 bits per heavy atom. The Balaban J connectivity index is 1.35. The first-order valence-corrected chi connectivity index (χ1v) is 13.5. The molecule has 5 N–H and O–H groups in total. The van der Waals surface area contributed by atoms with Crippen molar-refractivity contribution in [1.29, 1.82) is 0 Å². The van der Waals surface area contributed by atoms with E-state index < -0.39 is 12.1 Å². The quantitative estimate of drug-likeness (QED) is 0.191. The highest BCUT2D eigenvalue weighted by Gasteiger charge is 2.22. The number of nitrogens with two attached hydrogens (primary N) is 1. The average molecular weight is 545 g/mol. The molecule has 3 amide bonds. The molecule has 1 unspecified atom stereocenters. The molecule has 4 aromatic rings. The number of nitrogens with one attached hydrogen (secondary N) is 3. The van der Waals surface area contributed by atoms with Crippen molar-refractivity contribution in [3.05, 3.63) is 94.9 Å². The van der Waals surface area contributed by atoms with Gasteiger partial charge in [-0.05, 0) is 53.1 Å². The third-order valence-corrected chi connectivity index (χ3v) is 7.11. The summed E-state index contributed by atoms with van der Waals surface area (Å²) in [6.07, 6.45) is -0.164. The minimum absolute atomic E-state index is 0.127. The van der Waals surface area contributed by atoms with E-state index >= 15 is 0 Å². The third kappa shape index (κ3) is 7.81. The van der Waals surface area contributed by atoms with Crippen LogP contribution in [0.25, 0.3) is 10.1 Å². The maximum atomic E-state index is 13.0. The van der Waals surface area contributed by atoms with Crippen LogP contribution in [-0.4, -0.2) is 23.9 Å². The van der Waals surface area contributed by atoms with Gasteiger partial charge < -0.3 is 26.4 Å². The second kappa shape index (κ2) is 12.9. The van der Waals surface area contributed by atoms with Gasteiger partial charge >= 0.3 is 6.09 Å². The standard InChI is InChI=1S/C30H32N4O4S/c1-19(2)14-25(34-30(37)38-18-20-8-4-3-5-9-20)28(35)32-17-21-12-13-22-16-27(39-26(22)15-21)29(36)33-24-11-7-6-10-23(24)31/h3-13,15-16,19,25H,14,17-18,31H2,1-2H3,(H,32,35)(H,33,36)(H,34,37). The molecule has 8 nitrogen and oxygen atoms in total. The molecule has 0 bridgehead atoms. The minimum Gasteiger partial charge on any atom is -0.445 e. The Morgan fingerprint density at radius 1 is 0.923 bits per heavy atom. The molecule has 1 heterocycles. The van der Waals surface area contributed by atoms with Crippen molar-refractivity contribution in [3.63, 3.8) is 0 Å². The molecule has 1 atom stereocenters. The average Bonchev–Trinajstić information content (AvgIpc) is 3.35. The van der Waals surface area contributed by atoms with Crippen LogP contribution in [0.1, 0.15) is 41.1 Å². The number of thiophene rings is 1. The first-order chi connectivity index (χ1) is 18.8. The van der Waals surface area contributed by atoms with Crippen LogP contribution in [0, 0.1) is 5.92 Å². The first kappa shape index (κ1) is 27.7. The number of rotatable bonds is 10. The highest BCUT2D eigenvalue weighted by atomic mass is 32.1. The Labute approximate surface area is 231 Å². The van der Waals surface area contributed by atoms with E-state index in [1.807, 2.05) is 80.6 Å². The van der Waals surface area contributed by atoms with Gasteiger partial charge in [0.2, 0.25) is 5.91 Å². The Morgan fingerprint density at radius 2 is 1.67 bits per heavy atom. The van der Waals surface area contributed by atoms with Gasteiger partial charge in [-0.2, -0.15) is 0 Å². The maximum Gasteiger partial charge on any atom is 0.408 e. The molecule has 0 aliphatic carbocycles. The Hall–Kier alpha value is -4.37. The summed E-state index contributed by atoms with van der Waals surface area (Å²) in [7, 11) is 0. The van der Waals surface area contributed by atoms with Crippen molar-refractivity contribution in [3.8, 4) is 0 Å². The van der Waals surface area contributed by atoms with E-state index in [0.29, 0.717) is 22.7 Å². The van der Waals surface area contributed by atoms with Gasteiger partial charge in [0.1, 0.15) is 12.6 Å². The molecule has 202 valence electrons. The van der Waals surface area contributed by atoms with Crippen molar-refractivity contribution in [2.24, 2.45) is 5.92 Å². The van der Waals surface area contributed by atoms with Crippen molar-refractivity contribution >= 4 is 50.7 Å². The number of benzene rings is 3. The van der Waals surface area contributed by atoms with Crippen LogP contribution in [0.5, 0.6) is 0 Å². The van der Waals surface area contributed by atoms with Gasteiger partial charge in [0.15, 0.2) is 0 Å². The number of anilines is 2. The predicted molar refractivity (Wildman–Crippen MR) is 155 cm³/mol. The van der Waals surface area contributed by atoms with Crippen molar-refractivity contribution in [2.45, 2.75) is 39.5 Å². The monoisotopic (exact) mass is 544 g/mol. The number of hydrogen-bond donors (Lipinski definition) is 4. The second-order valence-electron chi connectivity index (χ2n) is 9.63. The first-order valence-electron chi connectivity index (χ1n) is 12.7. The maximum absolute atomic E-state index is 13.0. The Bertz CT molecular complexity index is 1450. The number of alkyl carbamates (subject to hydrolysis) is 1. The summed E-state index contributed by atoms with van der Waals surface area (Å²) < 4.78 is 6.22. The molecule has 4 rings (SSSR count). The number of carbonyl (C=O) groups is 3. The fourth-order valence-electron chi connectivity index (χ4n) is 4.01. The van der Waals surface area contributed by atoms with E-state index in [-0.39, 0.29) is 30.9 Å². The zero-order valence-corrected chi connectivity index (χ0v) is 22.7. The molecule has 1 aromatic heterocycles. The van der Waals surface area contributed by atoms with Crippen molar-refractivity contribution in [1.82, 2.24) is 10.6 Å². The summed E-state index contributed by atoms with van der Waals surface area (Å²) in [4.78, 5) is 38.7. The molecule has 0 saturated heterocycles. The van der Waals surface area contributed by atoms with Crippen LogP contribution in [0.15, 0.2) is 78.9 Å². The van der Waals surface area contributed by atoms with Crippen molar-refractivity contribution in [2.75, 3.05) is 11.1 Å². The fraction of sp³-hybridized carbons (Fsp3) is 0.233. The number of nitrogen functional groups attached to an aromatic ring is 1. The number of hydrogen-bond acceptors (Lipinski definition) is 6. The molecule has 0 radical (unpaired) electrons. The molecule has 3 aromatic carbocycles. The summed E-state index contributed by atoms with van der Waals surface area (Å²) in [5.74, 6) is -0.327. The van der Waals surface area contributed by atoms with E-state index in [1.165, 1.54) is 11.3 Å². The molecule has 39 heavy (non-hydrogen) atoms. The fourth-order valence-corrected chi connectivity index (χ4v) is 5.04. The second-order valence-corrected chi connectivity index (χ2v) is 10.7. The number of para-hydroxylation sites is 2. The number of amides is 3. The van der Waals surface area contributed by atoms with Gasteiger partial charge in [-0.1, -0.05) is 68.4 Å². The highest BCUT2D eigenvalue weighted by molar-refractivity contribution is 7.20. The molecular formula is C30H32N4O4S. The van der Waals surface area contributed by atoms with Crippen LogP contribution in [-0.2, 0) is 22.7 Å². The van der Waals surface area contributed by atoms with Gasteiger partial charge in [0.05, 0.1) is 16.3 Å². The molecule has 0 spiro atoms. The summed E-state index contributed by atoms with van der Waals surface area (Å²) in [5.41, 5.74) is 8.75. The van der Waals surface area contributed by atoms with E-state index in [4.69, 9.17) is 10.5 Å². The largest absolute Gasteiger partial charge is 0.445 e. The summed E-state index contributed by atoms with van der Waals surface area (Å²) in [5, 5.41) is 9.40. The lowest BCUT2D eigenvalue weighted by atomic mass is 10.0. The molecule has 0 saturated carbocycles. The van der Waals surface area contributed by atoms with Gasteiger partial charge in [-0.15, -0.1) is 11.3 Å². The topological polar surface area (TPSA) is 123 Å². The lowest BCUT2D eigenvalue weighted by Gasteiger charge is -2.20. The molecule has 0 aliphatic rings. The molecule has 0 aliphatic heterocycles. The lowest BCUT2D eigenvalue weighted by Crippen LogP contribution is -2.47. The summed E-state index contributed by atoms with van der Waals surface area (Å²) >= 11 is 1.37. The van der Waals surface area contributed by atoms with Crippen LogP contribution in [0.3, 0.4) is 0 Å². The van der Waals surface area contributed by atoms with Gasteiger partial charge in [0, 0.05) is 11.2 Å². The summed E-state index contributed by atoms with van der Waals surface area (Å²) in [6, 6.07) is 23.4. The highest BCUT2D eigenvalue weighted by Crippen LogP contribution is 2.28. The van der Waals surface area contributed by atoms with E-state index in [0.717, 1.165) is 21.2 Å². The van der Waals surface area contributed by atoms with Gasteiger partial charge in [-0.25, -0.2) is 4.79 Å². The van der Waals surface area contributed by atoms with Gasteiger partial charge in [0.25, 0.3) is 5.91 Å².